The molecular weight excluding hydrogens is 482 g/mol. The van der Waals surface area contributed by atoms with Crippen LogP contribution in [0.5, 0.6) is 0 Å². The largest absolute Gasteiger partial charge is 0.372 e. The third kappa shape index (κ3) is 5.71. The van der Waals surface area contributed by atoms with E-state index < -0.39 is 0 Å². The number of hydrogen-bond acceptors (Lipinski definition) is 6. The van der Waals surface area contributed by atoms with Crippen LogP contribution in [0.2, 0.25) is 0 Å². The molecule has 1 aliphatic heterocycles. The summed E-state index contributed by atoms with van der Waals surface area (Å²) in [5, 5.41) is 0.991. The maximum absolute atomic E-state index is 5.90. The molecule has 194 valence electrons. The molecule has 4 heterocycles. The third-order valence-electron chi connectivity index (χ3n) is 6.86. The van der Waals surface area contributed by atoms with Gasteiger partial charge in [0.2, 0.25) is 0 Å². The molecule has 0 unspecified atom stereocenters. The fraction of sp³-hybridized carbons (Fsp3) is 0.212. The van der Waals surface area contributed by atoms with Crippen molar-refractivity contribution < 1.29 is 4.74 Å². The topological polar surface area (TPSA) is 63.5 Å². The van der Waals surface area contributed by atoms with E-state index in [4.69, 9.17) is 19.7 Å². The number of anilines is 1. The summed E-state index contributed by atoms with van der Waals surface area (Å²) in [4.78, 5) is 21.9. The van der Waals surface area contributed by atoms with Crippen LogP contribution in [0, 0.1) is 0 Å². The first-order chi connectivity index (χ1) is 19.1. The molecule has 39 heavy (non-hydrogen) atoms. The molecule has 5 aromatic rings. The minimum absolute atomic E-state index is 0.177. The summed E-state index contributed by atoms with van der Waals surface area (Å²) in [5.74, 6) is 0.954. The standard InChI is InChI=1S/C33H31N5O/c1-23-21-38(22-24(2)39-23)32-15-9-14-29(37-32)30-17-16-27-19-34-28(18-31(27)36-30)20-35-33(25-10-5-3-6-11-25)26-12-7-4-8-13-26/h3-19,23-24H,20-22H2,1-2H3/t23-,24+. The minimum Gasteiger partial charge on any atom is -0.372 e. The van der Waals surface area contributed by atoms with Gasteiger partial charge in [-0.25, -0.2) is 9.97 Å². The summed E-state index contributed by atoms with van der Waals surface area (Å²) in [7, 11) is 0. The number of aromatic nitrogens is 3. The van der Waals surface area contributed by atoms with Gasteiger partial charge >= 0.3 is 0 Å². The summed E-state index contributed by atoms with van der Waals surface area (Å²) in [6, 6.07) is 32.8. The summed E-state index contributed by atoms with van der Waals surface area (Å²) < 4.78 is 5.90. The molecule has 0 N–H and O–H groups in total. The van der Waals surface area contributed by atoms with Crippen LogP contribution in [-0.4, -0.2) is 46.0 Å². The Kier molecular flexibility index (Phi) is 7.11. The van der Waals surface area contributed by atoms with Crippen molar-refractivity contribution in [3.05, 3.63) is 120 Å². The maximum Gasteiger partial charge on any atom is 0.129 e. The zero-order valence-electron chi connectivity index (χ0n) is 22.2. The average Bonchev–Trinajstić information content (AvgIpc) is 2.97. The molecule has 6 nitrogen and oxygen atoms in total. The quantitative estimate of drug-likeness (QED) is 0.248. The fourth-order valence-corrected chi connectivity index (χ4v) is 5.10. The second-order valence-electron chi connectivity index (χ2n) is 10.0. The summed E-state index contributed by atoms with van der Waals surface area (Å²) in [5.41, 5.74) is 6.57. The Bertz CT molecular complexity index is 1550. The average molecular weight is 514 g/mol. The number of ether oxygens (including phenoxy) is 1. The highest BCUT2D eigenvalue weighted by molar-refractivity contribution is 6.12. The SMILES string of the molecule is C[C@@H]1CN(c2cccc(-c3ccc4cnc(CN=C(c5ccccc5)c5ccccc5)cc4n3)n2)C[C@H](C)O1. The first-order valence-corrected chi connectivity index (χ1v) is 13.4. The zero-order chi connectivity index (χ0) is 26.6. The van der Waals surface area contributed by atoms with Crippen LogP contribution in [0.25, 0.3) is 22.3 Å². The molecule has 2 atom stereocenters. The van der Waals surface area contributed by atoms with E-state index in [1.165, 1.54) is 0 Å². The molecular formula is C33H31N5O. The summed E-state index contributed by atoms with van der Waals surface area (Å²) >= 11 is 0. The Morgan fingerprint density at radius 2 is 1.46 bits per heavy atom. The molecule has 0 aliphatic carbocycles. The normalized spacial score (nSPS) is 17.2. The van der Waals surface area contributed by atoms with Gasteiger partial charge in [0.05, 0.1) is 47.1 Å². The van der Waals surface area contributed by atoms with E-state index in [9.17, 15) is 0 Å². The Labute approximate surface area is 229 Å². The Balaban J connectivity index is 1.29. The van der Waals surface area contributed by atoms with Crippen LogP contribution in [0.1, 0.15) is 30.7 Å². The number of aliphatic imine (C=N–C) groups is 1. The van der Waals surface area contributed by atoms with Crippen LogP contribution in [0.15, 0.2) is 108 Å². The van der Waals surface area contributed by atoms with Gasteiger partial charge in [-0.15, -0.1) is 0 Å². The van der Waals surface area contributed by atoms with Crippen LogP contribution >= 0.6 is 0 Å². The summed E-state index contributed by atoms with van der Waals surface area (Å²) in [6.07, 6.45) is 2.23. The van der Waals surface area contributed by atoms with Crippen molar-refractivity contribution in [3.63, 3.8) is 0 Å². The molecule has 2 aromatic carbocycles. The third-order valence-corrected chi connectivity index (χ3v) is 6.86. The van der Waals surface area contributed by atoms with E-state index in [2.05, 4.69) is 66.2 Å². The second kappa shape index (κ2) is 11.1. The van der Waals surface area contributed by atoms with Crippen LogP contribution < -0.4 is 4.90 Å². The Hall–Kier alpha value is -4.42. The summed E-state index contributed by atoms with van der Waals surface area (Å²) in [6.45, 7) is 6.33. The Morgan fingerprint density at radius 1 is 0.795 bits per heavy atom. The van der Waals surface area contributed by atoms with E-state index in [1.807, 2.05) is 60.8 Å². The lowest BCUT2D eigenvalue weighted by Crippen LogP contribution is -2.45. The van der Waals surface area contributed by atoms with Crippen molar-refractivity contribution in [3.8, 4) is 11.4 Å². The predicted molar refractivity (Wildman–Crippen MR) is 157 cm³/mol. The van der Waals surface area contributed by atoms with Gasteiger partial charge in [-0.2, -0.15) is 0 Å². The Morgan fingerprint density at radius 3 is 2.15 bits per heavy atom. The van der Waals surface area contributed by atoms with Crippen molar-refractivity contribution in [1.82, 2.24) is 15.0 Å². The molecule has 0 saturated carbocycles. The van der Waals surface area contributed by atoms with E-state index >= 15 is 0 Å². The van der Waals surface area contributed by atoms with Gasteiger partial charge in [-0.1, -0.05) is 66.7 Å². The number of morpholine rings is 1. The van der Waals surface area contributed by atoms with Gasteiger partial charge in [0.1, 0.15) is 5.82 Å². The van der Waals surface area contributed by atoms with E-state index in [-0.39, 0.29) is 12.2 Å². The minimum atomic E-state index is 0.177. The van der Waals surface area contributed by atoms with Crippen LogP contribution in [0.3, 0.4) is 0 Å². The molecule has 0 amide bonds. The number of benzene rings is 2. The molecule has 1 saturated heterocycles. The lowest BCUT2D eigenvalue weighted by atomic mass is 10.0. The zero-order valence-corrected chi connectivity index (χ0v) is 22.2. The van der Waals surface area contributed by atoms with Crippen LogP contribution in [0.4, 0.5) is 5.82 Å². The first kappa shape index (κ1) is 24.9. The van der Waals surface area contributed by atoms with E-state index in [0.717, 1.165) is 63.7 Å². The molecule has 0 spiro atoms. The van der Waals surface area contributed by atoms with E-state index in [0.29, 0.717) is 6.54 Å². The highest BCUT2D eigenvalue weighted by Crippen LogP contribution is 2.24. The van der Waals surface area contributed by atoms with Gasteiger partial charge in [-0.05, 0) is 44.2 Å². The van der Waals surface area contributed by atoms with Crippen molar-refractivity contribution >= 4 is 22.4 Å². The molecule has 1 aliphatic rings. The van der Waals surface area contributed by atoms with Gasteiger partial charge in [0, 0.05) is 35.8 Å². The van der Waals surface area contributed by atoms with Crippen molar-refractivity contribution in [2.45, 2.75) is 32.6 Å². The maximum atomic E-state index is 5.90. The number of nitrogens with zero attached hydrogens (tertiary/aromatic N) is 5. The van der Waals surface area contributed by atoms with Crippen molar-refractivity contribution in [2.24, 2.45) is 4.99 Å². The van der Waals surface area contributed by atoms with Crippen molar-refractivity contribution in [1.29, 1.82) is 0 Å². The fourth-order valence-electron chi connectivity index (χ4n) is 5.10. The highest BCUT2D eigenvalue weighted by Gasteiger charge is 2.23. The number of hydrogen-bond donors (Lipinski definition) is 0. The molecule has 3 aromatic heterocycles. The highest BCUT2D eigenvalue weighted by atomic mass is 16.5. The molecule has 6 heteroatoms. The molecule has 6 rings (SSSR count). The van der Waals surface area contributed by atoms with Gasteiger partial charge in [-0.3, -0.25) is 9.98 Å². The number of fused-ring (bicyclic) bond motifs is 1. The monoisotopic (exact) mass is 513 g/mol. The van der Waals surface area contributed by atoms with Crippen molar-refractivity contribution in [2.75, 3.05) is 18.0 Å². The molecule has 0 bridgehead atoms. The smallest absolute Gasteiger partial charge is 0.129 e. The van der Waals surface area contributed by atoms with E-state index in [1.54, 1.807) is 0 Å². The lowest BCUT2D eigenvalue weighted by Gasteiger charge is -2.36. The van der Waals surface area contributed by atoms with Gasteiger partial charge in [0.25, 0.3) is 0 Å². The van der Waals surface area contributed by atoms with Gasteiger partial charge in [0.15, 0.2) is 0 Å². The van der Waals surface area contributed by atoms with Gasteiger partial charge < -0.3 is 9.64 Å². The predicted octanol–water partition coefficient (Wildman–Crippen LogP) is 6.34. The number of pyridine rings is 3. The second-order valence-corrected chi connectivity index (χ2v) is 10.0. The van der Waals surface area contributed by atoms with Crippen LogP contribution in [-0.2, 0) is 11.3 Å². The molecule has 1 fully saturated rings. The lowest BCUT2D eigenvalue weighted by molar-refractivity contribution is -0.00545. The first-order valence-electron chi connectivity index (χ1n) is 13.4. The number of rotatable bonds is 6. The molecule has 0 radical (unpaired) electrons.